The minimum Gasteiger partial charge on any atom is -0.309 e. The van der Waals surface area contributed by atoms with Crippen LogP contribution in [0.5, 0.6) is 0 Å². The summed E-state index contributed by atoms with van der Waals surface area (Å²) in [6.07, 6.45) is 0. The third-order valence-electron chi connectivity index (χ3n) is 12.0. The third-order valence-corrected chi connectivity index (χ3v) is 12.0. The lowest BCUT2D eigenvalue weighted by atomic mass is 9.99. The van der Waals surface area contributed by atoms with Crippen molar-refractivity contribution in [1.29, 1.82) is 0 Å². The minimum absolute atomic E-state index is 0.570. The molecule has 290 valence electrons. The Labute approximate surface area is 358 Å². The molecule has 0 radical (unpaired) electrons. The maximum Gasteiger partial charge on any atom is 0.238 e. The zero-order chi connectivity index (χ0) is 41.0. The van der Waals surface area contributed by atoms with Gasteiger partial charge in [-0.1, -0.05) is 170 Å². The summed E-state index contributed by atoms with van der Waals surface area (Å²) in [6.45, 7) is 0. The average molecular weight is 792 g/mol. The summed E-state index contributed by atoms with van der Waals surface area (Å²) in [4.78, 5) is 15.6. The maximum absolute atomic E-state index is 5.27. The molecule has 0 bridgehead atoms. The largest absolute Gasteiger partial charge is 0.309 e. The van der Waals surface area contributed by atoms with Gasteiger partial charge in [-0.2, -0.15) is 9.97 Å². The topological polar surface area (TPSA) is 48.5 Å². The first-order valence-electron chi connectivity index (χ1n) is 20.9. The molecular formula is C57H37N5. The number of rotatable bonds is 7. The number of para-hydroxylation sites is 3. The summed E-state index contributed by atoms with van der Waals surface area (Å²) >= 11 is 0. The normalized spacial score (nSPS) is 11.5. The summed E-state index contributed by atoms with van der Waals surface area (Å²) in [7, 11) is 0. The van der Waals surface area contributed by atoms with E-state index in [4.69, 9.17) is 15.0 Å². The molecule has 9 aromatic carbocycles. The molecule has 0 N–H and O–H groups in total. The molecule has 0 aliphatic heterocycles. The van der Waals surface area contributed by atoms with Crippen LogP contribution in [0.3, 0.4) is 0 Å². The van der Waals surface area contributed by atoms with Crippen molar-refractivity contribution in [3.8, 4) is 67.8 Å². The van der Waals surface area contributed by atoms with Crippen LogP contribution < -0.4 is 0 Å². The van der Waals surface area contributed by atoms with E-state index in [2.05, 4.69) is 209 Å². The summed E-state index contributed by atoms with van der Waals surface area (Å²) in [5.41, 5.74) is 14.4. The fourth-order valence-electron chi connectivity index (χ4n) is 9.01. The lowest BCUT2D eigenvalue weighted by Gasteiger charge is -2.12. The van der Waals surface area contributed by atoms with Crippen LogP contribution in [0.25, 0.3) is 111 Å². The molecule has 5 heteroatoms. The van der Waals surface area contributed by atoms with Crippen LogP contribution in [0.2, 0.25) is 0 Å². The van der Waals surface area contributed by atoms with E-state index in [-0.39, 0.29) is 0 Å². The van der Waals surface area contributed by atoms with Gasteiger partial charge in [-0.15, -0.1) is 0 Å². The summed E-state index contributed by atoms with van der Waals surface area (Å²) in [5.74, 6) is 1.80. The van der Waals surface area contributed by atoms with E-state index < -0.39 is 0 Å². The van der Waals surface area contributed by atoms with Crippen molar-refractivity contribution >= 4 is 43.6 Å². The second-order valence-electron chi connectivity index (χ2n) is 15.7. The summed E-state index contributed by atoms with van der Waals surface area (Å²) in [6, 6.07) is 79.3. The Morgan fingerprint density at radius 2 is 0.645 bits per heavy atom. The molecule has 12 aromatic rings. The highest BCUT2D eigenvalue weighted by atomic mass is 15.2. The van der Waals surface area contributed by atoms with Gasteiger partial charge in [-0.05, 0) is 88.0 Å². The summed E-state index contributed by atoms with van der Waals surface area (Å²) < 4.78 is 4.55. The quantitative estimate of drug-likeness (QED) is 0.162. The smallest absolute Gasteiger partial charge is 0.238 e. The number of fused-ring (bicyclic) bond motifs is 6. The molecule has 3 heterocycles. The highest BCUT2D eigenvalue weighted by molar-refractivity contribution is 6.12. The third kappa shape index (κ3) is 6.06. The number of benzene rings is 9. The van der Waals surface area contributed by atoms with E-state index >= 15 is 0 Å². The first-order chi connectivity index (χ1) is 30.7. The number of hydrogen-bond donors (Lipinski definition) is 0. The van der Waals surface area contributed by atoms with Crippen LogP contribution in [0.1, 0.15) is 0 Å². The van der Waals surface area contributed by atoms with E-state index in [0.717, 1.165) is 60.9 Å². The molecule has 0 spiro atoms. The lowest BCUT2D eigenvalue weighted by molar-refractivity contribution is 0.953. The molecule has 0 unspecified atom stereocenters. The molecule has 0 atom stereocenters. The van der Waals surface area contributed by atoms with Crippen molar-refractivity contribution in [3.05, 3.63) is 224 Å². The number of hydrogen-bond acceptors (Lipinski definition) is 3. The lowest BCUT2D eigenvalue weighted by Crippen LogP contribution is -2.06. The minimum atomic E-state index is 0.570. The predicted octanol–water partition coefficient (Wildman–Crippen LogP) is 14.4. The van der Waals surface area contributed by atoms with Gasteiger partial charge in [0.2, 0.25) is 5.95 Å². The van der Waals surface area contributed by atoms with Gasteiger partial charge < -0.3 is 4.57 Å². The molecule has 0 saturated heterocycles. The Balaban J connectivity index is 0.990. The van der Waals surface area contributed by atoms with Crippen molar-refractivity contribution in [2.45, 2.75) is 0 Å². The molecule has 62 heavy (non-hydrogen) atoms. The Kier molecular flexibility index (Phi) is 8.42. The fourth-order valence-corrected chi connectivity index (χ4v) is 9.01. The van der Waals surface area contributed by atoms with E-state index in [1.165, 1.54) is 32.9 Å². The predicted molar refractivity (Wildman–Crippen MR) is 256 cm³/mol. The Hall–Kier alpha value is -8.41. The maximum atomic E-state index is 5.27. The van der Waals surface area contributed by atoms with Gasteiger partial charge in [-0.3, -0.25) is 4.57 Å². The van der Waals surface area contributed by atoms with Crippen molar-refractivity contribution in [1.82, 2.24) is 24.1 Å². The van der Waals surface area contributed by atoms with E-state index in [1.807, 2.05) is 24.3 Å². The zero-order valence-electron chi connectivity index (χ0n) is 33.6. The van der Waals surface area contributed by atoms with E-state index in [0.29, 0.717) is 17.6 Å². The van der Waals surface area contributed by atoms with Crippen LogP contribution in [0.4, 0.5) is 0 Å². The van der Waals surface area contributed by atoms with Crippen LogP contribution >= 0.6 is 0 Å². The van der Waals surface area contributed by atoms with Crippen molar-refractivity contribution in [2.75, 3.05) is 0 Å². The molecule has 0 aliphatic carbocycles. The van der Waals surface area contributed by atoms with Crippen LogP contribution in [-0.4, -0.2) is 24.1 Å². The van der Waals surface area contributed by atoms with Crippen LogP contribution in [-0.2, 0) is 0 Å². The fraction of sp³-hybridized carbons (Fsp3) is 0. The Morgan fingerprint density at radius 3 is 1.27 bits per heavy atom. The molecule has 12 rings (SSSR count). The second-order valence-corrected chi connectivity index (χ2v) is 15.7. The molecule has 0 aliphatic rings. The SMILES string of the molecule is c1ccc(-c2ccc(-c3cccc(-c4nc(-c5ccccc5)nc(-n5c6ccccc6c6cc(-c7ccc8c(c7)c7ccccc7n8-c7ccccc7)ccc65)n4)c3)cc2)cc1. The van der Waals surface area contributed by atoms with Crippen molar-refractivity contribution in [2.24, 2.45) is 0 Å². The van der Waals surface area contributed by atoms with Gasteiger partial charge in [0, 0.05) is 38.4 Å². The molecular weight excluding hydrogens is 755 g/mol. The zero-order valence-corrected chi connectivity index (χ0v) is 33.6. The highest BCUT2D eigenvalue weighted by Gasteiger charge is 2.20. The standard InChI is InChI=1S/C57H37N5/c1-4-15-38(16-5-1)39-27-29-40(30-28-39)42-19-14-20-45(35-42)56-58-55(41-17-6-2-7-18-41)59-57(60-56)62-52-26-13-11-24-48(52)50-37-44(32-34-54(50)62)43-31-33-53-49(36-43)47-23-10-12-25-51(47)61(53)46-21-8-3-9-22-46/h1-37H. The van der Waals surface area contributed by atoms with Gasteiger partial charge in [-0.25, -0.2) is 4.98 Å². The van der Waals surface area contributed by atoms with Gasteiger partial charge in [0.15, 0.2) is 11.6 Å². The highest BCUT2D eigenvalue weighted by Crippen LogP contribution is 2.38. The monoisotopic (exact) mass is 791 g/mol. The Morgan fingerprint density at radius 1 is 0.242 bits per heavy atom. The molecule has 0 fully saturated rings. The van der Waals surface area contributed by atoms with Crippen LogP contribution in [0, 0.1) is 0 Å². The first kappa shape index (κ1) is 35.5. The number of nitrogens with zero attached hydrogens (tertiary/aromatic N) is 5. The first-order valence-corrected chi connectivity index (χ1v) is 20.9. The van der Waals surface area contributed by atoms with Crippen molar-refractivity contribution in [3.63, 3.8) is 0 Å². The van der Waals surface area contributed by atoms with E-state index in [9.17, 15) is 0 Å². The van der Waals surface area contributed by atoms with E-state index in [1.54, 1.807) is 0 Å². The van der Waals surface area contributed by atoms with Crippen molar-refractivity contribution < 1.29 is 0 Å². The second kappa shape index (κ2) is 14.7. The van der Waals surface area contributed by atoms with Gasteiger partial charge >= 0.3 is 0 Å². The Bertz CT molecular complexity index is 3610. The molecule has 5 nitrogen and oxygen atoms in total. The summed E-state index contributed by atoms with van der Waals surface area (Å²) in [5, 5.41) is 4.73. The number of aromatic nitrogens is 5. The average Bonchev–Trinajstić information content (AvgIpc) is 3.87. The molecule has 3 aromatic heterocycles. The van der Waals surface area contributed by atoms with Gasteiger partial charge in [0.25, 0.3) is 0 Å². The molecule has 0 amide bonds. The van der Waals surface area contributed by atoms with Crippen LogP contribution in [0.15, 0.2) is 224 Å². The molecule has 0 saturated carbocycles. The van der Waals surface area contributed by atoms with Gasteiger partial charge in [0.1, 0.15) is 0 Å². The van der Waals surface area contributed by atoms with Gasteiger partial charge in [0.05, 0.1) is 22.1 Å².